The second-order valence-electron chi connectivity index (χ2n) is 9.00. The Kier molecular flexibility index (Phi) is 7.94. The number of nitrogens with two attached hydrogens (primary N) is 1. The first-order valence-electron chi connectivity index (χ1n) is 12.0. The first-order chi connectivity index (χ1) is 18.5. The van der Waals surface area contributed by atoms with E-state index >= 15 is 0 Å². The number of hydrogen-bond acceptors (Lipinski definition) is 12. The van der Waals surface area contributed by atoms with Crippen LogP contribution in [-0.4, -0.2) is 67.8 Å². The van der Waals surface area contributed by atoms with Crippen LogP contribution in [0.15, 0.2) is 48.8 Å². The number of nitrogens with one attached hydrogen (secondary N) is 1. The molecule has 1 fully saturated rings. The Hall–Kier alpha value is -3.57. The van der Waals surface area contributed by atoms with Crippen molar-refractivity contribution in [1.29, 1.82) is 5.26 Å². The third kappa shape index (κ3) is 5.20. The van der Waals surface area contributed by atoms with Gasteiger partial charge >= 0.3 is 13.7 Å². The van der Waals surface area contributed by atoms with Gasteiger partial charge in [-0.15, -0.1) is 0 Å². The molecule has 0 bridgehead atoms. The molecule has 4 rings (SSSR count). The molecule has 1 aliphatic rings. The van der Waals surface area contributed by atoms with Gasteiger partial charge in [-0.2, -0.15) is 15.4 Å². The summed E-state index contributed by atoms with van der Waals surface area (Å²) >= 11 is 0. The number of para-hydroxylation sites is 1. The number of rotatable bonds is 10. The SMILES string of the molecule is CCOC(=O)C(C)NP(=O)(OCC1OC(C#N)(c2ccc3c(N)ncnn23)C(C)(O)C1O)Oc1ccccc1. The fourth-order valence-electron chi connectivity index (χ4n) is 4.28. The summed E-state index contributed by atoms with van der Waals surface area (Å²) < 4.78 is 37.1. The maximum absolute atomic E-state index is 13.7. The van der Waals surface area contributed by atoms with E-state index in [1.807, 2.05) is 6.07 Å². The molecule has 2 aromatic heterocycles. The molecule has 6 atom stereocenters. The number of fused-ring (bicyclic) bond motifs is 1. The molecule has 6 unspecified atom stereocenters. The van der Waals surface area contributed by atoms with Crippen molar-refractivity contribution in [2.75, 3.05) is 18.9 Å². The number of nitriles is 1. The average molecular weight is 561 g/mol. The lowest BCUT2D eigenvalue weighted by Crippen LogP contribution is -2.52. The molecular formula is C24H29N6O8P. The molecule has 0 spiro atoms. The minimum Gasteiger partial charge on any atom is -0.465 e. The maximum Gasteiger partial charge on any atom is 0.459 e. The van der Waals surface area contributed by atoms with Crippen LogP contribution in [-0.2, 0) is 29.0 Å². The van der Waals surface area contributed by atoms with E-state index in [9.17, 15) is 24.8 Å². The van der Waals surface area contributed by atoms with Crippen molar-refractivity contribution < 1.29 is 38.1 Å². The average Bonchev–Trinajstić information content (AvgIpc) is 3.42. The molecule has 1 saturated heterocycles. The van der Waals surface area contributed by atoms with E-state index in [0.717, 1.165) is 0 Å². The molecule has 0 amide bonds. The fraction of sp³-hybridized carbons (Fsp3) is 0.417. The minimum absolute atomic E-state index is 0.0819. The number of aliphatic hydroxyl groups excluding tert-OH is 1. The van der Waals surface area contributed by atoms with E-state index in [-0.39, 0.29) is 23.9 Å². The summed E-state index contributed by atoms with van der Waals surface area (Å²) in [5, 5.41) is 39.2. The highest BCUT2D eigenvalue weighted by Gasteiger charge is 2.65. The fourth-order valence-corrected chi connectivity index (χ4v) is 5.78. The van der Waals surface area contributed by atoms with Gasteiger partial charge < -0.3 is 29.9 Å². The molecule has 39 heavy (non-hydrogen) atoms. The second kappa shape index (κ2) is 10.9. The first kappa shape index (κ1) is 28.4. The van der Waals surface area contributed by atoms with Gasteiger partial charge in [0.1, 0.15) is 47.5 Å². The van der Waals surface area contributed by atoms with Crippen LogP contribution >= 0.6 is 7.75 Å². The Morgan fingerprint density at radius 2 is 2.08 bits per heavy atom. The van der Waals surface area contributed by atoms with Crippen molar-refractivity contribution in [3.05, 3.63) is 54.5 Å². The smallest absolute Gasteiger partial charge is 0.459 e. The number of anilines is 1. The number of nitrogen functional groups attached to an aromatic ring is 1. The monoisotopic (exact) mass is 560 g/mol. The number of benzene rings is 1. The van der Waals surface area contributed by atoms with E-state index in [0.29, 0.717) is 5.52 Å². The zero-order valence-electron chi connectivity index (χ0n) is 21.4. The van der Waals surface area contributed by atoms with Gasteiger partial charge in [0.25, 0.3) is 0 Å². The third-order valence-corrected chi connectivity index (χ3v) is 7.98. The van der Waals surface area contributed by atoms with E-state index in [4.69, 9.17) is 24.3 Å². The third-order valence-electron chi connectivity index (χ3n) is 6.34. The van der Waals surface area contributed by atoms with Gasteiger partial charge in [-0.25, -0.2) is 14.1 Å². The van der Waals surface area contributed by atoms with Gasteiger partial charge in [0, 0.05) is 0 Å². The number of hydrogen-bond donors (Lipinski definition) is 4. The Balaban J connectivity index is 1.62. The van der Waals surface area contributed by atoms with Crippen LogP contribution in [0.3, 0.4) is 0 Å². The zero-order valence-corrected chi connectivity index (χ0v) is 22.3. The topological polar surface area (TPSA) is 204 Å². The largest absolute Gasteiger partial charge is 0.465 e. The van der Waals surface area contributed by atoms with Crippen molar-refractivity contribution in [3.8, 4) is 11.8 Å². The number of carbonyl (C=O) groups excluding carboxylic acids is 1. The summed E-state index contributed by atoms with van der Waals surface area (Å²) in [6.45, 7) is 3.77. The van der Waals surface area contributed by atoms with E-state index in [2.05, 4.69) is 15.2 Å². The van der Waals surface area contributed by atoms with Gasteiger partial charge in [-0.05, 0) is 45.0 Å². The van der Waals surface area contributed by atoms with Crippen molar-refractivity contribution in [2.45, 2.75) is 50.2 Å². The Morgan fingerprint density at radius 3 is 2.74 bits per heavy atom. The molecule has 0 saturated carbocycles. The van der Waals surface area contributed by atoms with Crippen LogP contribution in [0.25, 0.3) is 5.52 Å². The number of esters is 1. The van der Waals surface area contributed by atoms with Crippen molar-refractivity contribution >= 4 is 25.1 Å². The van der Waals surface area contributed by atoms with E-state index in [1.165, 1.54) is 42.9 Å². The lowest BCUT2D eigenvalue weighted by atomic mass is 9.80. The van der Waals surface area contributed by atoms with Crippen LogP contribution < -0.4 is 15.3 Å². The summed E-state index contributed by atoms with van der Waals surface area (Å²) in [4.78, 5) is 16.1. The van der Waals surface area contributed by atoms with Crippen LogP contribution in [0.4, 0.5) is 5.82 Å². The molecule has 3 heterocycles. The molecule has 5 N–H and O–H groups in total. The van der Waals surface area contributed by atoms with Crippen molar-refractivity contribution in [2.24, 2.45) is 0 Å². The summed E-state index contributed by atoms with van der Waals surface area (Å²) in [6.07, 6.45) is -1.88. The molecule has 3 aromatic rings. The first-order valence-corrected chi connectivity index (χ1v) is 13.5. The highest BCUT2D eigenvalue weighted by Crippen LogP contribution is 2.50. The van der Waals surface area contributed by atoms with E-state index in [1.54, 1.807) is 31.2 Å². The summed E-state index contributed by atoms with van der Waals surface area (Å²) in [7, 11) is -4.30. The van der Waals surface area contributed by atoms with Crippen LogP contribution in [0.5, 0.6) is 5.75 Å². The predicted molar refractivity (Wildman–Crippen MR) is 136 cm³/mol. The normalized spacial score (nSPS) is 27.0. The number of nitrogens with zero attached hydrogens (tertiary/aromatic N) is 4. The molecule has 14 nitrogen and oxygen atoms in total. The standard InChI is InChI=1S/C24H29N6O8P/c1-4-35-22(32)15(2)29-39(34,38-16-8-6-5-7-9-16)36-12-18-20(31)23(3,33)24(13-25,37-18)19-11-10-17-21(26)27-14-28-30(17)19/h5-11,14-15,18,20,31,33H,4,12H2,1-3H3,(H,29,34)(H2,26,27,28). The maximum atomic E-state index is 13.7. The Morgan fingerprint density at radius 1 is 1.36 bits per heavy atom. The highest BCUT2D eigenvalue weighted by atomic mass is 31.2. The molecule has 1 aliphatic heterocycles. The number of carbonyl (C=O) groups is 1. The number of aromatic nitrogens is 3. The Bertz CT molecular complexity index is 1430. The van der Waals surface area contributed by atoms with Gasteiger partial charge in [-0.3, -0.25) is 9.32 Å². The molecule has 15 heteroatoms. The lowest BCUT2D eigenvalue weighted by molar-refractivity contribution is -0.144. The molecule has 208 valence electrons. The van der Waals surface area contributed by atoms with Crippen molar-refractivity contribution in [1.82, 2.24) is 19.7 Å². The minimum atomic E-state index is -4.30. The Labute approximate surface area is 223 Å². The summed E-state index contributed by atoms with van der Waals surface area (Å²) in [6, 6.07) is 12.0. The van der Waals surface area contributed by atoms with Gasteiger partial charge in [0.2, 0.25) is 5.60 Å². The number of aliphatic hydroxyl groups is 2. The predicted octanol–water partition coefficient (Wildman–Crippen LogP) is 1.29. The molecular weight excluding hydrogens is 531 g/mol. The second-order valence-corrected chi connectivity index (χ2v) is 10.7. The van der Waals surface area contributed by atoms with Gasteiger partial charge in [-0.1, -0.05) is 18.2 Å². The molecule has 1 aromatic carbocycles. The summed E-state index contributed by atoms with van der Waals surface area (Å²) in [5.74, 6) is -0.390. The van der Waals surface area contributed by atoms with Crippen molar-refractivity contribution in [3.63, 3.8) is 0 Å². The zero-order chi connectivity index (χ0) is 28.4. The van der Waals surface area contributed by atoms with Crippen LogP contribution in [0.2, 0.25) is 0 Å². The lowest BCUT2D eigenvalue weighted by Gasteiger charge is -2.33. The summed E-state index contributed by atoms with van der Waals surface area (Å²) in [5.41, 5.74) is 2.02. The quantitative estimate of drug-likeness (QED) is 0.204. The molecule has 0 aliphatic carbocycles. The highest BCUT2D eigenvalue weighted by molar-refractivity contribution is 7.52. The van der Waals surface area contributed by atoms with Gasteiger partial charge in [0.15, 0.2) is 5.82 Å². The van der Waals surface area contributed by atoms with Crippen LogP contribution in [0.1, 0.15) is 26.5 Å². The van der Waals surface area contributed by atoms with E-state index < -0.39 is 49.8 Å². The van der Waals surface area contributed by atoms with Gasteiger partial charge in [0.05, 0.1) is 18.9 Å². The number of ether oxygens (including phenoxy) is 2. The molecule has 0 radical (unpaired) electrons. The van der Waals surface area contributed by atoms with Crippen LogP contribution in [0, 0.1) is 11.3 Å².